The summed E-state index contributed by atoms with van der Waals surface area (Å²) in [5.74, 6) is 5.26. The van der Waals surface area contributed by atoms with Gasteiger partial charge in [0, 0.05) is 0 Å². The molecule has 20 heavy (non-hydrogen) atoms. The zero-order valence-corrected chi connectivity index (χ0v) is 10.2. The zero-order chi connectivity index (χ0) is 14.5. The highest BCUT2D eigenvalue weighted by molar-refractivity contribution is 5.45. The molecule has 9 heteroatoms. The quantitative estimate of drug-likeness (QED) is 0.417. The fourth-order valence-corrected chi connectivity index (χ4v) is 1.40. The molecule has 2 rings (SSSR count). The summed E-state index contributed by atoms with van der Waals surface area (Å²) in [7, 11) is 0. The van der Waals surface area contributed by atoms with E-state index in [1.807, 2.05) is 0 Å². The lowest BCUT2D eigenvalue weighted by molar-refractivity contribution is -0.386. The number of aliphatic hydroxyl groups excluding tert-OH is 1. The molecule has 2 aromatic rings. The summed E-state index contributed by atoms with van der Waals surface area (Å²) in [4.78, 5) is 17.7. The van der Waals surface area contributed by atoms with Crippen molar-refractivity contribution in [2.75, 3.05) is 5.43 Å². The van der Waals surface area contributed by atoms with Crippen LogP contribution in [0.25, 0.3) is 0 Å². The maximum atomic E-state index is 10.9. The van der Waals surface area contributed by atoms with Gasteiger partial charge in [-0.05, 0) is 17.7 Å². The second-order valence-corrected chi connectivity index (χ2v) is 3.69. The van der Waals surface area contributed by atoms with Crippen molar-refractivity contribution >= 4 is 11.6 Å². The summed E-state index contributed by atoms with van der Waals surface area (Å²) in [5.41, 5.74) is 2.49. The largest absolute Gasteiger partial charge is 0.434 e. The molecular weight excluding hydrogens is 266 g/mol. The Morgan fingerprint density at radius 3 is 2.65 bits per heavy atom. The molecule has 0 aliphatic carbocycles. The number of anilines is 1. The van der Waals surface area contributed by atoms with E-state index in [0.29, 0.717) is 11.3 Å². The van der Waals surface area contributed by atoms with Gasteiger partial charge in [-0.3, -0.25) is 15.5 Å². The first-order valence-electron chi connectivity index (χ1n) is 5.49. The van der Waals surface area contributed by atoms with Crippen LogP contribution in [-0.4, -0.2) is 20.0 Å². The number of aromatic nitrogens is 2. The molecule has 1 aromatic heterocycles. The van der Waals surface area contributed by atoms with Crippen LogP contribution >= 0.6 is 0 Å². The van der Waals surface area contributed by atoms with Crippen LogP contribution in [-0.2, 0) is 6.61 Å². The Morgan fingerprint density at radius 2 is 2.10 bits per heavy atom. The predicted octanol–water partition coefficient (Wildman–Crippen LogP) is 0.955. The topological polar surface area (TPSA) is 136 Å². The Balaban J connectivity index is 2.32. The molecule has 104 valence electrons. The van der Waals surface area contributed by atoms with Crippen molar-refractivity contribution in [1.82, 2.24) is 9.97 Å². The molecule has 0 saturated carbocycles. The molecule has 0 bridgehead atoms. The number of hydrogen-bond acceptors (Lipinski definition) is 8. The number of nitrogens with one attached hydrogen (secondary N) is 1. The first-order chi connectivity index (χ1) is 9.63. The fraction of sp³-hybridized carbons (Fsp3) is 0.0909. The molecule has 0 atom stereocenters. The number of nitro groups is 1. The first kappa shape index (κ1) is 13.6. The third-order valence-electron chi connectivity index (χ3n) is 2.38. The first-order valence-corrected chi connectivity index (χ1v) is 5.49. The van der Waals surface area contributed by atoms with Crippen LogP contribution in [0.15, 0.2) is 30.5 Å². The molecule has 1 heterocycles. The standard InChI is InChI=1S/C11H11N5O4/c12-15-11-13-5-9(16(18)19)10(14-11)20-8-3-1-7(6-17)2-4-8/h1-5,17H,6,12H2,(H,13,14,15). The second-order valence-electron chi connectivity index (χ2n) is 3.69. The van der Waals surface area contributed by atoms with Crippen molar-refractivity contribution in [1.29, 1.82) is 0 Å². The Hall–Kier alpha value is -2.78. The Labute approximate surface area is 113 Å². The van der Waals surface area contributed by atoms with E-state index in [9.17, 15) is 10.1 Å². The second kappa shape index (κ2) is 5.91. The molecule has 0 radical (unpaired) electrons. The number of ether oxygens (including phenoxy) is 1. The van der Waals surface area contributed by atoms with Crippen molar-refractivity contribution in [2.45, 2.75) is 6.61 Å². The number of aliphatic hydroxyl groups is 1. The van der Waals surface area contributed by atoms with Crippen LogP contribution in [0.4, 0.5) is 11.6 Å². The SMILES string of the molecule is NNc1ncc([N+](=O)[O-])c(Oc2ccc(CO)cc2)n1. The van der Waals surface area contributed by atoms with Gasteiger partial charge in [0.15, 0.2) is 0 Å². The smallest absolute Gasteiger partial charge is 0.349 e. The van der Waals surface area contributed by atoms with Crippen LogP contribution in [0, 0.1) is 10.1 Å². The average Bonchev–Trinajstić information content (AvgIpc) is 2.47. The number of nitrogens with two attached hydrogens (primary N) is 1. The summed E-state index contributed by atoms with van der Waals surface area (Å²) in [6, 6.07) is 6.38. The molecule has 9 nitrogen and oxygen atoms in total. The van der Waals surface area contributed by atoms with Gasteiger partial charge in [-0.1, -0.05) is 12.1 Å². The van der Waals surface area contributed by atoms with Crippen molar-refractivity contribution < 1.29 is 14.8 Å². The summed E-state index contributed by atoms with van der Waals surface area (Å²) in [6.07, 6.45) is 1.000. The minimum Gasteiger partial charge on any atom is -0.434 e. The lowest BCUT2D eigenvalue weighted by Crippen LogP contribution is -2.11. The van der Waals surface area contributed by atoms with Gasteiger partial charge >= 0.3 is 11.6 Å². The Bertz CT molecular complexity index is 617. The van der Waals surface area contributed by atoms with Gasteiger partial charge < -0.3 is 9.84 Å². The molecule has 0 spiro atoms. The number of benzene rings is 1. The normalized spacial score (nSPS) is 10.1. The predicted molar refractivity (Wildman–Crippen MR) is 68.9 cm³/mol. The van der Waals surface area contributed by atoms with E-state index in [-0.39, 0.29) is 24.1 Å². The van der Waals surface area contributed by atoms with Crippen LogP contribution in [0.5, 0.6) is 11.6 Å². The number of rotatable bonds is 5. The van der Waals surface area contributed by atoms with Gasteiger partial charge in [-0.2, -0.15) is 4.98 Å². The highest BCUT2D eigenvalue weighted by Crippen LogP contribution is 2.29. The van der Waals surface area contributed by atoms with E-state index in [0.717, 1.165) is 6.20 Å². The highest BCUT2D eigenvalue weighted by atomic mass is 16.6. The van der Waals surface area contributed by atoms with Gasteiger partial charge in [0.05, 0.1) is 11.5 Å². The minimum atomic E-state index is -0.655. The van der Waals surface area contributed by atoms with Crippen LogP contribution < -0.4 is 16.0 Å². The third-order valence-corrected chi connectivity index (χ3v) is 2.38. The highest BCUT2D eigenvalue weighted by Gasteiger charge is 2.19. The van der Waals surface area contributed by atoms with E-state index >= 15 is 0 Å². The average molecular weight is 277 g/mol. The lowest BCUT2D eigenvalue weighted by atomic mass is 10.2. The maximum absolute atomic E-state index is 10.9. The molecule has 0 amide bonds. The van der Waals surface area contributed by atoms with Gasteiger partial charge in [0.25, 0.3) is 0 Å². The van der Waals surface area contributed by atoms with Gasteiger partial charge in [-0.15, -0.1) is 0 Å². The third kappa shape index (κ3) is 2.96. The van der Waals surface area contributed by atoms with Crippen molar-refractivity contribution in [3.63, 3.8) is 0 Å². The van der Waals surface area contributed by atoms with E-state index in [2.05, 4.69) is 15.4 Å². The lowest BCUT2D eigenvalue weighted by Gasteiger charge is -2.06. The molecule has 0 aliphatic rings. The molecule has 0 aliphatic heterocycles. The van der Waals surface area contributed by atoms with E-state index < -0.39 is 4.92 Å². The van der Waals surface area contributed by atoms with Crippen molar-refractivity contribution in [3.05, 3.63) is 46.1 Å². The fourth-order valence-electron chi connectivity index (χ4n) is 1.40. The monoisotopic (exact) mass is 277 g/mol. The molecule has 4 N–H and O–H groups in total. The summed E-state index contributed by atoms with van der Waals surface area (Å²) in [5, 5.41) is 19.8. The van der Waals surface area contributed by atoms with E-state index in [4.69, 9.17) is 15.7 Å². The summed E-state index contributed by atoms with van der Waals surface area (Å²) in [6.45, 7) is -0.102. The Morgan fingerprint density at radius 1 is 1.40 bits per heavy atom. The van der Waals surface area contributed by atoms with Gasteiger partial charge in [0.2, 0.25) is 5.95 Å². The van der Waals surface area contributed by atoms with E-state index in [1.54, 1.807) is 24.3 Å². The van der Waals surface area contributed by atoms with Gasteiger partial charge in [-0.25, -0.2) is 10.8 Å². The van der Waals surface area contributed by atoms with Gasteiger partial charge in [0.1, 0.15) is 11.9 Å². The molecular formula is C11H11N5O4. The number of nitrogen functional groups attached to an aromatic ring is 1. The minimum absolute atomic E-state index is 0.00224. The van der Waals surface area contributed by atoms with Crippen LogP contribution in [0.1, 0.15) is 5.56 Å². The van der Waals surface area contributed by atoms with Crippen molar-refractivity contribution in [2.24, 2.45) is 5.84 Å². The number of nitrogens with zero attached hydrogens (tertiary/aromatic N) is 3. The molecule has 0 unspecified atom stereocenters. The molecule has 1 aromatic carbocycles. The van der Waals surface area contributed by atoms with Crippen LogP contribution in [0.2, 0.25) is 0 Å². The summed E-state index contributed by atoms with van der Waals surface area (Å²) >= 11 is 0. The maximum Gasteiger partial charge on any atom is 0.349 e. The number of hydrazine groups is 1. The van der Waals surface area contributed by atoms with Crippen LogP contribution in [0.3, 0.4) is 0 Å². The number of hydrogen-bond donors (Lipinski definition) is 3. The molecule has 0 fully saturated rings. The summed E-state index contributed by atoms with van der Waals surface area (Å²) < 4.78 is 5.34. The zero-order valence-electron chi connectivity index (χ0n) is 10.2. The van der Waals surface area contributed by atoms with E-state index in [1.165, 1.54) is 0 Å². The Kier molecular flexibility index (Phi) is 4.03. The molecule has 0 saturated heterocycles. The van der Waals surface area contributed by atoms with Crippen molar-refractivity contribution in [3.8, 4) is 11.6 Å².